The van der Waals surface area contributed by atoms with Crippen molar-refractivity contribution in [1.29, 1.82) is 0 Å². The fourth-order valence-corrected chi connectivity index (χ4v) is 7.03. The number of piperazine rings is 1. The lowest BCUT2D eigenvalue weighted by Gasteiger charge is -2.34. The Morgan fingerprint density at radius 2 is 1.85 bits per heavy atom. The normalized spacial score (nSPS) is 19.7. The topological polar surface area (TPSA) is 116 Å². The van der Waals surface area contributed by atoms with E-state index in [4.69, 9.17) is 0 Å². The van der Waals surface area contributed by atoms with Crippen molar-refractivity contribution in [3.63, 3.8) is 0 Å². The molecule has 2 amide bonds. The molecule has 39 heavy (non-hydrogen) atoms. The highest BCUT2D eigenvalue weighted by Crippen LogP contribution is 2.33. The van der Waals surface area contributed by atoms with Crippen LogP contribution in [-0.2, 0) is 32.6 Å². The van der Waals surface area contributed by atoms with E-state index in [1.54, 1.807) is 12.1 Å². The van der Waals surface area contributed by atoms with E-state index in [0.717, 1.165) is 56.9 Å². The number of carbonyl (C=O) groups is 2. The number of fused-ring (bicyclic) bond motifs is 1. The van der Waals surface area contributed by atoms with Crippen molar-refractivity contribution in [2.45, 2.75) is 56.2 Å². The summed E-state index contributed by atoms with van der Waals surface area (Å²) in [7, 11) is -3.95. The first-order valence-corrected chi connectivity index (χ1v) is 14.7. The second kappa shape index (κ2) is 11.3. The van der Waals surface area contributed by atoms with Gasteiger partial charge < -0.3 is 15.7 Å². The number of benzene rings is 3. The Hall–Kier alpha value is -3.53. The van der Waals surface area contributed by atoms with Gasteiger partial charge >= 0.3 is 0 Å². The Bertz CT molecular complexity index is 1490. The molecule has 0 spiro atoms. The molecule has 1 fully saturated rings. The Balaban J connectivity index is 1.32. The van der Waals surface area contributed by atoms with Gasteiger partial charge in [0, 0.05) is 13.1 Å². The summed E-state index contributed by atoms with van der Waals surface area (Å²) in [6, 6.07) is 19.1. The highest BCUT2D eigenvalue weighted by Gasteiger charge is 2.40. The summed E-state index contributed by atoms with van der Waals surface area (Å²) in [5.74, 6) is -0.829. The van der Waals surface area contributed by atoms with E-state index in [2.05, 4.69) is 16.7 Å². The van der Waals surface area contributed by atoms with E-state index in [1.165, 1.54) is 12.1 Å². The predicted molar refractivity (Wildman–Crippen MR) is 148 cm³/mol. The molecule has 5 rings (SSSR count). The molecule has 1 heterocycles. The number of nitrogens with one attached hydrogen (secondary N) is 2. The number of hydrogen-bond donors (Lipinski definition) is 3. The molecular weight excluding hydrogens is 514 g/mol. The summed E-state index contributed by atoms with van der Waals surface area (Å²) >= 11 is 0. The molecule has 3 aromatic rings. The van der Waals surface area contributed by atoms with Gasteiger partial charge in [-0.25, -0.2) is 8.42 Å². The van der Waals surface area contributed by atoms with Crippen LogP contribution in [0.15, 0.2) is 71.6 Å². The largest absolute Gasteiger partial charge is 0.392 e. The van der Waals surface area contributed by atoms with Gasteiger partial charge in [-0.3, -0.25) is 9.59 Å². The van der Waals surface area contributed by atoms with E-state index in [-0.39, 0.29) is 43.0 Å². The van der Waals surface area contributed by atoms with E-state index < -0.39 is 22.0 Å². The van der Waals surface area contributed by atoms with Gasteiger partial charge in [-0.15, -0.1) is 0 Å². The van der Waals surface area contributed by atoms with Crippen LogP contribution in [0.1, 0.15) is 47.6 Å². The molecule has 3 N–H and O–H groups in total. The average molecular weight is 548 g/mol. The molecule has 204 valence electrons. The third-order valence-electron chi connectivity index (χ3n) is 7.52. The lowest BCUT2D eigenvalue weighted by atomic mass is 9.85. The molecule has 9 heteroatoms. The van der Waals surface area contributed by atoms with Gasteiger partial charge in [-0.2, -0.15) is 4.31 Å². The molecule has 3 aromatic carbocycles. The molecule has 0 radical (unpaired) electrons. The van der Waals surface area contributed by atoms with E-state index in [9.17, 15) is 23.1 Å². The number of amides is 2. The molecule has 1 aliphatic heterocycles. The minimum atomic E-state index is -3.95. The van der Waals surface area contributed by atoms with Crippen LogP contribution in [0.4, 0.5) is 0 Å². The van der Waals surface area contributed by atoms with Gasteiger partial charge in [0.15, 0.2) is 0 Å². The first kappa shape index (κ1) is 27.1. The van der Waals surface area contributed by atoms with Crippen LogP contribution in [0.3, 0.4) is 0 Å². The van der Waals surface area contributed by atoms with Crippen molar-refractivity contribution in [3.8, 4) is 11.1 Å². The van der Waals surface area contributed by atoms with E-state index >= 15 is 0 Å². The highest BCUT2D eigenvalue weighted by atomic mass is 32.2. The Kier molecular flexibility index (Phi) is 7.83. The number of aliphatic hydroxyl groups excluding tert-OH is 1. The molecule has 0 saturated carbocycles. The van der Waals surface area contributed by atoms with Gasteiger partial charge in [-0.1, -0.05) is 54.1 Å². The fraction of sp³-hybridized carbons (Fsp3) is 0.333. The van der Waals surface area contributed by atoms with Crippen LogP contribution in [0.2, 0.25) is 0 Å². The quantitative estimate of drug-likeness (QED) is 0.420. The first-order chi connectivity index (χ1) is 18.8. The van der Waals surface area contributed by atoms with E-state index in [0.29, 0.717) is 0 Å². The third kappa shape index (κ3) is 5.75. The molecule has 1 saturated heterocycles. The number of aryl methyl sites for hydroxylation is 2. The summed E-state index contributed by atoms with van der Waals surface area (Å²) in [4.78, 5) is 26.1. The van der Waals surface area contributed by atoms with Crippen LogP contribution in [0.5, 0.6) is 0 Å². The zero-order valence-corrected chi connectivity index (χ0v) is 22.7. The van der Waals surface area contributed by atoms with Crippen molar-refractivity contribution in [3.05, 3.63) is 89.0 Å². The predicted octanol–water partition coefficient (Wildman–Crippen LogP) is 3.23. The number of rotatable bonds is 7. The number of sulfonamides is 1. The minimum absolute atomic E-state index is 0.0182. The minimum Gasteiger partial charge on any atom is -0.392 e. The molecular formula is C30H33N3O5S. The zero-order valence-electron chi connectivity index (χ0n) is 21.9. The van der Waals surface area contributed by atoms with Crippen LogP contribution in [0, 0.1) is 6.92 Å². The number of aliphatic hydroxyl groups is 1. The summed E-state index contributed by atoms with van der Waals surface area (Å²) in [6.07, 6.45) is 2.30. The standard InChI is InChI=1S/C30H33N3O5S/c1-20-8-11-25(12-9-20)39(37,38)33-15-14-31-30(36)28(33)18-29(35)32-27-7-3-6-24-17-23(10-13-26(24)27)22-5-2-4-21(16-22)19-34/h2,4-5,8-13,16-17,27-28,34H,3,6-7,14-15,18-19H2,1H3,(H,31,36)(H,32,35)/t27-,28?/m1/s1. The maximum atomic E-state index is 13.4. The van der Waals surface area contributed by atoms with Crippen molar-refractivity contribution in [1.82, 2.24) is 14.9 Å². The second-order valence-corrected chi connectivity index (χ2v) is 12.1. The van der Waals surface area contributed by atoms with Gasteiger partial charge in [-0.05, 0) is 72.2 Å². The summed E-state index contributed by atoms with van der Waals surface area (Å²) < 4.78 is 27.9. The van der Waals surface area contributed by atoms with Crippen molar-refractivity contribution in [2.75, 3.05) is 13.1 Å². The van der Waals surface area contributed by atoms with Crippen LogP contribution in [-0.4, -0.2) is 48.8 Å². The molecule has 1 aliphatic carbocycles. The smallest absolute Gasteiger partial charge is 0.243 e. The van der Waals surface area contributed by atoms with Crippen molar-refractivity contribution < 1.29 is 23.1 Å². The molecule has 8 nitrogen and oxygen atoms in total. The van der Waals surface area contributed by atoms with Gasteiger partial charge in [0.25, 0.3) is 0 Å². The van der Waals surface area contributed by atoms with Crippen molar-refractivity contribution in [2.24, 2.45) is 0 Å². The summed E-state index contributed by atoms with van der Waals surface area (Å²) in [5.41, 5.74) is 6.03. The molecule has 1 unspecified atom stereocenters. The van der Waals surface area contributed by atoms with Gasteiger partial charge in [0.2, 0.25) is 21.8 Å². The highest BCUT2D eigenvalue weighted by molar-refractivity contribution is 7.89. The number of nitrogens with zero attached hydrogens (tertiary/aromatic N) is 1. The Morgan fingerprint density at radius 3 is 2.62 bits per heavy atom. The van der Waals surface area contributed by atoms with E-state index in [1.807, 2.05) is 43.3 Å². The molecule has 0 aromatic heterocycles. The van der Waals surface area contributed by atoms with Gasteiger partial charge in [0.1, 0.15) is 6.04 Å². The maximum Gasteiger partial charge on any atom is 0.243 e. The SMILES string of the molecule is Cc1ccc(S(=O)(=O)N2CCNC(=O)C2CC(=O)N[C@@H]2CCCc3cc(-c4cccc(CO)c4)ccc32)cc1. The average Bonchev–Trinajstić information content (AvgIpc) is 2.94. The molecule has 0 bridgehead atoms. The van der Waals surface area contributed by atoms with Crippen LogP contribution < -0.4 is 10.6 Å². The van der Waals surface area contributed by atoms with Gasteiger partial charge in [0.05, 0.1) is 24.0 Å². The number of carbonyl (C=O) groups excluding carboxylic acids is 2. The van der Waals surface area contributed by atoms with Crippen molar-refractivity contribution >= 4 is 21.8 Å². The van der Waals surface area contributed by atoms with Crippen LogP contribution in [0.25, 0.3) is 11.1 Å². The third-order valence-corrected chi connectivity index (χ3v) is 9.45. The number of hydrogen-bond acceptors (Lipinski definition) is 5. The monoisotopic (exact) mass is 547 g/mol. The lowest BCUT2D eigenvalue weighted by molar-refractivity contribution is -0.132. The second-order valence-electron chi connectivity index (χ2n) is 10.2. The fourth-order valence-electron chi connectivity index (χ4n) is 5.44. The summed E-state index contributed by atoms with van der Waals surface area (Å²) in [5, 5.41) is 15.3. The Morgan fingerprint density at radius 1 is 1.08 bits per heavy atom. The first-order valence-electron chi connectivity index (χ1n) is 13.2. The zero-order chi connectivity index (χ0) is 27.6. The summed E-state index contributed by atoms with van der Waals surface area (Å²) in [6.45, 7) is 2.15. The molecule has 2 aliphatic rings. The lowest BCUT2D eigenvalue weighted by Crippen LogP contribution is -2.58. The molecule has 2 atom stereocenters. The Labute approximate surface area is 229 Å². The van der Waals surface area contributed by atoms with Crippen LogP contribution >= 0.6 is 0 Å². The maximum absolute atomic E-state index is 13.4.